The number of unbranched alkanes of at least 4 members (excludes halogenated alkanes) is 27. The third kappa shape index (κ3) is 85.4. The molecule has 632 valence electrons. The third-order valence-corrected chi connectivity index (χ3v) is 19.5. The van der Waals surface area contributed by atoms with Crippen LogP contribution in [0, 0.1) is 0 Å². The van der Waals surface area contributed by atoms with Gasteiger partial charge < -0.3 is 34.2 Å². The Morgan fingerprint density at radius 1 is 0.261 bits per heavy atom. The first-order valence-corrected chi connectivity index (χ1v) is 46.1. The van der Waals surface area contributed by atoms with Gasteiger partial charge in [0.2, 0.25) is 0 Å². The van der Waals surface area contributed by atoms with Gasteiger partial charge in [-0.25, -0.2) is 9.13 Å². The summed E-state index contributed by atoms with van der Waals surface area (Å²) in [5.41, 5.74) is 0. The van der Waals surface area contributed by atoms with Gasteiger partial charge >= 0.3 is 33.6 Å². The summed E-state index contributed by atoms with van der Waals surface area (Å²) in [5, 5.41) is 20.7. The number of phosphoric acid groups is 2. The van der Waals surface area contributed by atoms with E-state index in [9.17, 15) is 43.5 Å². The summed E-state index contributed by atoms with van der Waals surface area (Å²) < 4.78 is 61.3. The van der Waals surface area contributed by atoms with Crippen molar-refractivity contribution in [1.82, 2.24) is 0 Å². The molecule has 16 nitrogen and oxygen atoms in total. The minimum Gasteiger partial charge on any atom is -0.463 e. The molecule has 5 unspecified atom stereocenters. The second-order valence-corrected chi connectivity index (χ2v) is 31.1. The Morgan fingerprint density at radius 3 is 0.766 bits per heavy atom. The molecule has 0 aliphatic rings. The average molecular weight is 1590 g/mol. The minimum absolute atomic E-state index is 0.0549. The maximum atomic E-state index is 13.0. The predicted octanol–water partition coefficient (Wildman–Crippen LogP) is 26.1. The molecule has 0 aliphatic heterocycles. The summed E-state index contributed by atoms with van der Waals surface area (Å²) >= 11 is 0. The van der Waals surface area contributed by atoms with Gasteiger partial charge in [0, 0.05) is 19.3 Å². The van der Waals surface area contributed by atoms with E-state index in [1.165, 1.54) is 103 Å². The lowest BCUT2D eigenvalue weighted by Gasteiger charge is -2.21. The SMILES string of the molecule is CC/C=C\C/C=C\C/C=C\C/C=C\C/C=C\C/C=C\CCCCCCCCC(=O)OCC(COP(=O)(O)OCC(O)COP(=O)(O)OCC(O)COC(=O)CCCCCCCCCCCCCCCCC/C=C\C/C=C\C/C=C\C/C=C\CCCCC)OC(=O)CCCCC/C=C\C/C=C\C/C=C\C/C=C\C/C=C\CC. The lowest BCUT2D eigenvalue weighted by Crippen LogP contribution is -2.30. The highest BCUT2D eigenvalue weighted by atomic mass is 31.2. The predicted molar refractivity (Wildman–Crippen MR) is 463 cm³/mol. The molecule has 0 rings (SSSR count). The van der Waals surface area contributed by atoms with Gasteiger partial charge in [0.1, 0.15) is 25.4 Å². The molecule has 0 aromatic carbocycles. The van der Waals surface area contributed by atoms with Crippen LogP contribution in [-0.2, 0) is 55.8 Å². The van der Waals surface area contributed by atoms with Gasteiger partial charge in [-0.2, -0.15) is 0 Å². The molecule has 4 N–H and O–H groups in total. The molecule has 0 amide bonds. The topological polar surface area (TPSA) is 231 Å². The van der Waals surface area contributed by atoms with E-state index in [-0.39, 0.29) is 19.3 Å². The molecule has 0 saturated heterocycles. The molecule has 0 heterocycles. The van der Waals surface area contributed by atoms with E-state index in [2.05, 4.69) is 203 Å². The van der Waals surface area contributed by atoms with Crippen molar-refractivity contribution in [3.8, 4) is 0 Å². The number of esters is 3. The number of hydrogen-bond acceptors (Lipinski definition) is 14. The number of allylic oxidation sites excluding steroid dienone is 30. The van der Waals surface area contributed by atoms with Crippen molar-refractivity contribution >= 4 is 33.6 Å². The second kappa shape index (κ2) is 84.1. The molecule has 5 atom stereocenters. The van der Waals surface area contributed by atoms with Crippen LogP contribution in [0.5, 0.6) is 0 Å². The Balaban J connectivity index is 4.62. The fourth-order valence-corrected chi connectivity index (χ4v) is 12.7. The molecule has 0 aliphatic carbocycles. The molecule has 0 bridgehead atoms. The van der Waals surface area contributed by atoms with Crippen molar-refractivity contribution in [2.45, 2.75) is 347 Å². The molecular formula is C93H154O16P2. The zero-order valence-corrected chi connectivity index (χ0v) is 71.1. The number of carbonyl (C=O) groups is 3. The van der Waals surface area contributed by atoms with E-state index < -0.39 is 91.5 Å². The summed E-state index contributed by atoms with van der Waals surface area (Å²) in [5.74, 6) is -1.64. The molecule has 0 aromatic heterocycles. The van der Waals surface area contributed by atoms with Crippen molar-refractivity contribution in [2.75, 3.05) is 39.6 Å². The quantitative estimate of drug-likeness (QED) is 0.0146. The Kier molecular flexibility index (Phi) is 80.0. The van der Waals surface area contributed by atoms with E-state index >= 15 is 0 Å². The van der Waals surface area contributed by atoms with Gasteiger partial charge in [0.05, 0.1) is 26.4 Å². The number of phosphoric ester groups is 2. The van der Waals surface area contributed by atoms with Gasteiger partial charge in [-0.3, -0.25) is 32.5 Å². The van der Waals surface area contributed by atoms with Crippen LogP contribution in [-0.4, -0.2) is 95.9 Å². The van der Waals surface area contributed by atoms with Gasteiger partial charge in [-0.15, -0.1) is 0 Å². The fourth-order valence-electron chi connectivity index (χ4n) is 11.1. The van der Waals surface area contributed by atoms with Crippen LogP contribution < -0.4 is 0 Å². The van der Waals surface area contributed by atoms with Crippen molar-refractivity contribution in [3.05, 3.63) is 182 Å². The number of rotatable bonds is 80. The van der Waals surface area contributed by atoms with Gasteiger partial charge in [-0.1, -0.05) is 331 Å². The number of aliphatic hydroxyl groups excluding tert-OH is 2. The first kappa shape index (κ1) is 106. The van der Waals surface area contributed by atoms with Crippen LogP contribution in [0.4, 0.5) is 0 Å². The average Bonchev–Trinajstić information content (AvgIpc) is 0.902. The lowest BCUT2D eigenvalue weighted by molar-refractivity contribution is -0.161. The zero-order valence-electron chi connectivity index (χ0n) is 69.3. The van der Waals surface area contributed by atoms with E-state index in [4.69, 9.17) is 32.3 Å². The van der Waals surface area contributed by atoms with Crippen LogP contribution in [0.1, 0.15) is 329 Å². The summed E-state index contributed by atoms with van der Waals surface area (Å²) in [4.78, 5) is 58.8. The van der Waals surface area contributed by atoms with Crippen LogP contribution in [0.25, 0.3) is 0 Å². The summed E-state index contributed by atoms with van der Waals surface area (Å²) in [6.45, 7) is 2.37. The van der Waals surface area contributed by atoms with Crippen molar-refractivity contribution in [2.24, 2.45) is 0 Å². The normalized spacial score (nSPS) is 14.8. The first-order chi connectivity index (χ1) is 54.2. The molecule has 0 aromatic rings. The highest BCUT2D eigenvalue weighted by molar-refractivity contribution is 7.47. The van der Waals surface area contributed by atoms with Crippen LogP contribution >= 0.6 is 15.6 Å². The molecule has 0 radical (unpaired) electrons. The largest absolute Gasteiger partial charge is 0.472 e. The highest BCUT2D eigenvalue weighted by Gasteiger charge is 2.29. The van der Waals surface area contributed by atoms with Gasteiger partial charge in [0.15, 0.2) is 6.10 Å². The van der Waals surface area contributed by atoms with Crippen LogP contribution in [0.15, 0.2) is 182 Å². The standard InChI is InChI=1S/C93H154O16P2/c1-4-7-10-13-16-19-22-25-28-31-34-36-38-40-41-42-43-44-45-47-49-50-53-55-58-61-64-67-70-73-76-79-91(96)103-82-88(94)83-105-110(99,100)106-84-89(95)85-107-111(101,102)108-87-90(109-93(98)81-78-75-72-69-66-63-60-57-52-33-30-27-24-21-18-15-12-9-6-3)86-104-92(97)80-77-74-71-68-65-62-59-56-54-51-48-46-39-37-35-32-29-26-23-20-17-14-11-8-5-2/h8-9,11-12,16-21,25-30,34-37,40-41,46,48,52,54,56-57,63,66,88-90,94-95H,4-7,10,13-15,22-24,31-33,38-39,42-45,47,49-51,53,55,58-62,64-65,67-87H2,1-3H3,(H,99,100)(H,101,102)/b11-8-,12-9-,19-16-,20-17-,21-18-,28-25-,29-26-,30-27-,36-34-,37-35-,41-40-,48-46-,56-54-,57-52-,66-63-. The summed E-state index contributed by atoms with van der Waals surface area (Å²) in [6, 6.07) is 0. The highest BCUT2D eigenvalue weighted by Crippen LogP contribution is 2.45. The van der Waals surface area contributed by atoms with Gasteiger partial charge in [0.25, 0.3) is 0 Å². The zero-order chi connectivity index (χ0) is 80.8. The fraction of sp³-hybridized carbons (Fsp3) is 0.645. The number of hydrogen-bond donors (Lipinski definition) is 4. The van der Waals surface area contributed by atoms with E-state index in [0.717, 1.165) is 167 Å². The number of ether oxygens (including phenoxy) is 3. The van der Waals surface area contributed by atoms with Crippen LogP contribution in [0.2, 0.25) is 0 Å². The maximum Gasteiger partial charge on any atom is 0.472 e. The van der Waals surface area contributed by atoms with Crippen molar-refractivity contribution in [1.29, 1.82) is 0 Å². The van der Waals surface area contributed by atoms with E-state index in [1.807, 2.05) is 0 Å². The van der Waals surface area contributed by atoms with Crippen molar-refractivity contribution in [3.63, 3.8) is 0 Å². The number of aliphatic hydroxyl groups is 2. The maximum absolute atomic E-state index is 13.0. The van der Waals surface area contributed by atoms with Crippen molar-refractivity contribution < 1.29 is 75.8 Å². The van der Waals surface area contributed by atoms with Gasteiger partial charge in [-0.05, 0) is 161 Å². The smallest absolute Gasteiger partial charge is 0.463 e. The first-order valence-electron chi connectivity index (χ1n) is 43.1. The monoisotopic (exact) mass is 1590 g/mol. The van der Waals surface area contributed by atoms with Crippen LogP contribution in [0.3, 0.4) is 0 Å². The van der Waals surface area contributed by atoms with E-state index in [1.54, 1.807) is 0 Å². The lowest BCUT2D eigenvalue weighted by atomic mass is 10.0. The molecular weight excluding hydrogens is 1430 g/mol. The summed E-state index contributed by atoms with van der Waals surface area (Å²) in [7, 11) is -9.83. The van der Waals surface area contributed by atoms with E-state index in [0.29, 0.717) is 19.3 Å². The Morgan fingerprint density at radius 2 is 0.477 bits per heavy atom. The molecule has 0 spiro atoms. The molecule has 0 saturated carbocycles. The Bertz CT molecular complexity index is 2750. The molecule has 111 heavy (non-hydrogen) atoms. The summed E-state index contributed by atoms with van der Waals surface area (Å²) in [6.07, 6.45) is 109. The molecule has 18 heteroatoms. The Labute approximate surface area is 675 Å². The Hall–Kier alpha value is -5.35. The number of carbonyl (C=O) groups excluding carboxylic acids is 3. The third-order valence-electron chi connectivity index (χ3n) is 17.6. The molecule has 0 fully saturated rings. The minimum atomic E-state index is -4.96. The second-order valence-electron chi connectivity index (χ2n) is 28.2.